The number of hydrogen-bond donors (Lipinski definition) is 0. The summed E-state index contributed by atoms with van der Waals surface area (Å²) in [5.41, 5.74) is 0.586. The first kappa shape index (κ1) is 14.1. The van der Waals surface area contributed by atoms with Crippen molar-refractivity contribution >= 4 is 0 Å². The van der Waals surface area contributed by atoms with E-state index in [2.05, 4.69) is 48.5 Å². The zero-order valence-electron chi connectivity index (χ0n) is 12.5. The number of rotatable bonds is 6. The van der Waals surface area contributed by atoms with Crippen molar-refractivity contribution in [2.75, 3.05) is 0 Å². The van der Waals surface area contributed by atoms with Crippen LogP contribution in [0.2, 0.25) is 0 Å². The van der Waals surface area contributed by atoms with Crippen molar-refractivity contribution in [1.29, 1.82) is 0 Å². The van der Waals surface area contributed by atoms with E-state index in [0.717, 1.165) is 29.6 Å². The fourth-order valence-electron chi connectivity index (χ4n) is 3.89. The average molecular weight is 224 g/mol. The van der Waals surface area contributed by atoms with E-state index in [1.54, 1.807) is 0 Å². The molecular weight excluding hydrogens is 192 g/mol. The van der Waals surface area contributed by atoms with Crippen LogP contribution in [0.3, 0.4) is 0 Å². The molecule has 0 saturated heterocycles. The highest BCUT2D eigenvalue weighted by Gasteiger charge is 2.55. The molecule has 5 unspecified atom stereocenters. The predicted octanol–water partition coefficient (Wildman–Crippen LogP) is 5.38. The molecule has 0 aromatic heterocycles. The van der Waals surface area contributed by atoms with Crippen molar-refractivity contribution < 1.29 is 0 Å². The van der Waals surface area contributed by atoms with E-state index in [0.29, 0.717) is 5.41 Å². The maximum absolute atomic E-state index is 2.57. The van der Waals surface area contributed by atoms with Gasteiger partial charge in [0, 0.05) is 0 Å². The Labute approximate surface area is 103 Å². The van der Waals surface area contributed by atoms with E-state index in [9.17, 15) is 0 Å². The highest BCUT2D eigenvalue weighted by molar-refractivity contribution is 5.03. The van der Waals surface area contributed by atoms with E-state index >= 15 is 0 Å². The zero-order valence-corrected chi connectivity index (χ0v) is 12.5. The second-order valence-corrected chi connectivity index (χ2v) is 6.78. The van der Waals surface area contributed by atoms with Gasteiger partial charge in [0.25, 0.3) is 0 Å². The monoisotopic (exact) mass is 224 g/mol. The summed E-state index contributed by atoms with van der Waals surface area (Å²) < 4.78 is 0. The Morgan fingerprint density at radius 2 is 1.50 bits per heavy atom. The van der Waals surface area contributed by atoms with Gasteiger partial charge in [-0.2, -0.15) is 0 Å². The van der Waals surface area contributed by atoms with Crippen LogP contribution in [0.25, 0.3) is 0 Å². The van der Waals surface area contributed by atoms with Crippen LogP contribution in [-0.2, 0) is 0 Å². The summed E-state index contributed by atoms with van der Waals surface area (Å²) in [6.45, 7) is 17.1. The second kappa shape index (κ2) is 5.10. The summed E-state index contributed by atoms with van der Waals surface area (Å²) in [5, 5.41) is 0. The van der Waals surface area contributed by atoms with Crippen molar-refractivity contribution in [1.82, 2.24) is 0 Å². The molecule has 5 atom stereocenters. The van der Waals surface area contributed by atoms with Gasteiger partial charge < -0.3 is 0 Å². The minimum Gasteiger partial charge on any atom is -0.0651 e. The molecule has 0 bridgehead atoms. The van der Waals surface area contributed by atoms with E-state index < -0.39 is 0 Å². The summed E-state index contributed by atoms with van der Waals surface area (Å²) in [7, 11) is 0. The molecule has 1 saturated carbocycles. The van der Waals surface area contributed by atoms with Crippen molar-refractivity contribution in [2.24, 2.45) is 35.0 Å². The molecule has 0 aliphatic heterocycles. The van der Waals surface area contributed by atoms with Crippen molar-refractivity contribution in [2.45, 2.75) is 67.7 Å². The third kappa shape index (κ3) is 2.46. The van der Waals surface area contributed by atoms with Crippen molar-refractivity contribution in [3.8, 4) is 0 Å². The lowest BCUT2D eigenvalue weighted by Gasteiger charge is -2.39. The van der Waals surface area contributed by atoms with Crippen LogP contribution in [0.15, 0.2) is 0 Å². The molecule has 1 aliphatic carbocycles. The fourth-order valence-corrected chi connectivity index (χ4v) is 3.89. The quantitative estimate of drug-likeness (QED) is 0.568. The van der Waals surface area contributed by atoms with Crippen LogP contribution >= 0.6 is 0 Å². The highest BCUT2D eigenvalue weighted by Crippen LogP contribution is 2.61. The molecule has 0 nitrogen and oxygen atoms in total. The third-order valence-electron chi connectivity index (χ3n) is 5.81. The Hall–Kier alpha value is 0. The standard InChI is InChI=1S/C16H32/c1-8-11(3)10-16(7,12(4)9-2)15-13(5)14(15)6/h11-15H,8-10H2,1-7H3. The minimum atomic E-state index is 0.586. The molecule has 0 aromatic carbocycles. The summed E-state index contributed by atoms with van der Waals surface area (Å²) in [6, 6.07) is 0. The second-order valence-electron chi connectivity index (χ2n) is 6.78. The third-order valence-corrected chi connectivity index (χ3v) is 5.81. The first-order chi connectivity index (χ1) is 7.38. The van der Waals surface area contributed by atoms with Gasteiger partial charge in [0.15, 0.2) is 0 Å². The van der Waals surface area contributed by atoms with Crippen LogP contribution in [0.4, 0.5) is 0 Å². The molecule has 0 heterocycles. The molecule has 0 radical (unpaired) electrons. The Bertz CT molecular complexity index is 212. The molecule has 96 valence electrons. The first-order valence-corrected chi connectivity index (χ1v) is 7.38. The predicted molar refractivity (Wildman–Crippen MR) is 73.5 cm³/mol. The normalized spacial score (nSPS) is 36.6. The largest absolute Gasteiger partial charge is 0.0651 e. The van der Waals surface area contributed by atoms with Gasteiger partial charge >= 0.3 is 0 Å². The topological polar surface area (TPSA) is 0 Å². The first-order valence-electron chi connectivity index (χ1n) is 7.38. The van der Waals surface area contributed by atoms with Gasteiger partial charge in [0.05, 0.1) is 0 Å². The van der Waals surface area contributed by atoms with Crippen LogP contribution in [0.5, 0.6) is 0 Å². The van der Waals surface area contributed by atoms with Crippen LogP contribution < -0.4 is 0 Å². The van der Waals surface area contributed by atoms with E-state index in [-0.39, 0.29) is 0 Å². The molecule has 1 rings (SSSR count). The maximum atomic E-state index is 2.57. The van der Waals surface area contributed by atoms with Crippen LogP contribution in [-0.4, -0.2) is 0 Å². The number of hydrogen-bond acceptors (Lipinski definition) is 0. The van der Waals surface area contributed by atoms with Gasteiger partial charge in [0.1, 0.15) is 0 Å². The molecule has 0 N–H and O–H groups in total. The maximum Gasteiger partial charge on any atom is -0.0264 e. The van der Waals surface area contributed by atoms with Crippen LogP contribution in [0, 0.1) is 35.0 Å². The lowest BCUT2D eigenvalue weighted by Crippen LogP contribution is -2.31. The molecule has 1 aliphatic rings. The summed E-state index contributed by atoms with van der Waals surface area (Å²) in [5.74, 6) is 4.67. The minimum absolute atomic E-state index is 0.586. The van der Waals surface area contributed by atoms with Gasteiger partial charge in [0.2, 0.25) is 0 Å². The Balaban J connectivity index is 2.77. The van der Waals surface area contributed by atoms with E-state index in [4.69, 9.17) is 0 Å². The van der Waals surface area contributed by atoms with Gasteiger partial charge in [-0.1, -0.05) is 61.3 Å². The zero-order chi connectivity index (χ0) is 12.5. The summed E-state index contributed by atoms with van der Waals surface area (Å²) in [4.78, 5) is 0. The van der Waals surface area contributed by atoms with Crippen molar-refractivity contribution in [3.05, 3.63) is 0 Å². The molecule has 1 fully saturated rings. The van der Waals surface area contributed by atoms with E-state index in [1.165, 1.54) is 19.3 Å². The van der Waals surface area contributed by atoms with Crippen LogP contribution in [0.1, 0.15) is 67.7 Å². The molecular formula is C16H32. The molecule has 0 spiro atoms. The van der Waals surface area contributed by atoms with Gasteiger partial charge in [-0.3, -0.25) is 0 Å². The van der Waals surface area contributed by atoms with Crippen molar-refractivity contribution in [3.63, 3.8) is 0 Å². The Kier molecular flexibility index (Phi) is 4.49. The highest BCUT2D eigenvalue weighted by atomic mass is 14.6. The fraction of sp³-hybridized carbons (Fsp3) is 1.00. The molecule has 16 heavy (non-hydrogen) atoms. The van der Waals surface area contributed by atoms with Gasteiger partial charge in [-0.15, -0.1) is 0 Å². The Morgan fingerprint density at radius 1 is 1.00 bits per heavy atom. The molecule has 0 amide bonds. The van der Waals surface area contributed by atoms with E-state index in [1.807, 2.05) is 0 Å². The molecule has 0 heteroatoms. The Morgan fingerprint density at radius 3 is 1.81 bits per heavy atom. The lowest BCUT2D eigenvalue weighted by atomic mass is 9.66. The van der Waals surface area contributed by atoms with Gasteiger partial charge in [-0.25, -0.2) is 0 Å². The summed E-state index contributed by atoms with van der Waals surface area (Å²) >= 11 is 0. The summed E-state index contributed by atoms with van der Waals surface area (Å²) in [6.07, 6.45) is 4.10. The average Bonchev–Trinajstić information content (AvgIpc) is 2.85. The van der Waals surface area contributed by atoms with Gasteiger partial charge in [-0.05, 0) is 41.4 Å². The smallest absolute Gasteiger partial charge is 0.0264 e. The lowest BCUT2D eigenvalue weighted by molar-refractivity contribution is 0.106. The molecule has 0 aromatic rings. The SMILES string of the molecule is CCC(C)CC(C)(C(C)CC)C1C(C)C1C.